The number of carbonyl (C=O) groups excluding carboxylic acids is 1. The van der Waals surface area contributed by atoms with E-state index < -0.39 is 0 Å². The Morgan fingerprint density at radius 2 is 2.25 bits per heavy atom. The Kier molecular flexibility index (Phi) is 5.16. The van der Waals surface area contributed by atoms with Crippen molar-refractivity contribution in [1.29, 1.82) is 5.26 Å². The molecule has 2 aromatic rings. The second kappa shape index (κ2) is 7.68. The molecule has 2 heterocycles. The number of nitrogens with one attached hydrogen (secondary N) is 1. The van der Waals surface area contributed by atoms with Gasteiger partial charge in [-0.05, 0) is 29.8 Å². The van der Waals surface area contributed by atoms with Crippen molar-refractivity contribution in [3.8, 4) is 17.2 Å². The summed E-state index contributed by atoms with van der Waals surface area (Å²) >= 11 is 0. The summed E-state index contributed by atoms with van der Waals surface area (Å²) in [4.78, 5) is 16.4. The highest BCUT2D eigenvalue weighted by molar-refractivity contribution is 5.95. The maximum absolute atomic E-state index is 12.3. The smallest absolute Gasteiger partial charge is 0.251 e. The maximum Gasteiger partial charge on any atom is 0.251 e. The fourth-order valence-electron chi connectivity index (χ4n) is 2.52. The van der Waals surface area contributed by atoms with Crippen LogP contribution in [0.5, 0.6) is 0 Å². The number of nitriles is 1. The summed E-state index contributed by atoms with van der Waals surface area (Å²) in [6.07, 6.45) is 1.46. The first-order chi connectivity index (χ1) is 11.8. The molecule has 0 bridgehead atoms. The highest BCUT2D eigenvalue weighted by Gasteiger charge is 2.16. The summed E-state index contributed by atoms with van der Waals surface area (Å²) in [6, 6.07) is 12.8. The van der Waals surface area contributed by atoms with Crippen molar-refractivity contribution >= 4 is 5.91 Å². The van der Waals surface area contributed by atoms with E-state index in [0.717, 1.165) is 5.56 Å². The molecule has 1 atom stereocenters. The second-order valence-electron chi connectivity index (χ2n) is 5.37. The average molecular weight is 323 g/mol. The number of nitrogens with zero attached hydrogens (tertiary/aromatic N) is 2. The number of amides is 1. The van der Waals surface area contributed by atoms with Gasteiger partial charge in [0.1, 0.15) is 11.8 Å². The van der Waals surface area contributed by atoms with Crippen molar-refractivity contribution in [2.24, 2.45) is 0 Å². The minimum atomic E-state index is -0.187. The third-order valence-corrected chi connectivity index (χ3v) is 3.72. The van der Waals surface area contributed by atoms with E-state index in [1.54, 1.807) is 30.5 Å². The van der Waals surface area contributed by atoms with Gasteiger partial charge in [-0.2, -0.15) is 5.26 Å². The van der Waals surface area contributed by atoms with E-state index in [4.69, 9.17) is 14.7 Å². The van der Waals surface area contributed by atoms with E-state index in [1.165, 1.54) is 0 Å². The lowest BCUT2D eigenvalue weighted by Gasteiger charge is -2.23. The number of benzene rings is 1. The van der Waals surface area contributed by atoms with Crippen LogP contribution in [-0.2, 0) is 9.47 Å². The summed E-state index contributed by atoms with van der Waals surface area (Å²) in [7, 11) is 0. The Balaban J connectivity index is 1.73. The number of hydrogen-bond donors (Lipinski definition) is 1. The molecule has 1 aliphatic heterocycles. The number of pyridine rings is 1. The molecule has 1 fully saturated rings. The topological polar surface area (TPSA) is 84.2 Å². The summed E-state index contributed by atoms with van der Waals surface area (Å²) in [5.41, 5.74) is 2.35. The van der Waals surface area contributed by atoms with Crippen molar-refractivity contribution in [3.05, 3.63) is 53.9 Å². The van der Waals surface area contributed by atoms with Crippen LogP contribution in [0.2, 0.25) is 0 Å². The molecule has 1 N–H and O–H groups in total. The van der Waals surface area contributed by atoms with Crippen molar-refractivity contribution in [1.82, 2.24) is 10.3 Å². The Bertz CT molecular complexity index is 764. The average Bonchev–Trinajstić information content (AvgIpc) is 2.67. The molecule has 0 spiro atoms. The van der Waals surface area contributed by atoms with Crippen molar-refractivity contribution in [3.63, 3.8) is 0 Å². The van der Waals surface area contributed by atoms with Gasteiger partial charge in [-0.15, -0.1) is 0 Å². The second-order valence-corrected chi connectivity index (χ2v) is 5.37. The molecule has 1 aromatic carbocycles. The van der Waals surface area contributed by atoms with E-state index in [0.29, 0.717) is 43.2 Å². The molecule has 1 saturated heterocycles. The molecule has 0 unspecified atom stereocenters. The van der Waals surface area contributed by atoms with E-state index in [1.807, 2.05) is 12.1 Å². The SMILES string of the molecule is N#Cc1ncccc1-c1cccc(C(=O)NC[C@@H]2COCCO2)c1. The number of rotatable bonds is 4. The Morgan fingerprint density at radius 1 is 1.33 bits per heavy atom. The van der Waals surface area contributed by atoms with Crippen LogP contribution in [0.25, 0.3) is 11.1 Å². The van der Waals surface area contributed by atoms with Gasteiger partial charge in [0.05, 0.1) is 25.9 Å². The zero-order valence-corrected chi connectivity index (χ0v) is 13.1. The van der Waals surface area contributed by atoms with Crippen molar-refractivity contribution in [2.45, 2.75) is 6.10 Å². The number of aromatic nitrogens is 1. The van der Waals surface area contributed by atoms with Gasteiger partial charge < -0.3 is 14.8 Å². The van der Waals surface area contributed by atoms with Crippen LogP contribution in [0.15, 0.2) is 42.6 Å². The zero-order valence-electron chi connectivity index (χ0n) is 13.1. The summed E-state index contributed by atoms with van der Waals surface area (Å²) in [5.74, 6) is -0.187. The van der Waals surface area contributed by atoms with Crippen LogP contribution < -0.4 is 5.32 Å². The number of carbonyl (C=O) groups is 1. The van der Waals surface area contributed by atoms with Crippen molar-refractivity contribution in [2.75, 3.05) is 26.4 Å². The summed E-state index contributed by atoms with van der Waals surface area (Å²) in [5, 5.41) is 12.0. The van der Waals surface area contributed by atoms with Crippen LogP contribution in [0.3, 0.4) is 0 Å². The van der Waals surface area contributed by atoms with Crippen LogP contribution in [0.1, 0.15) is 16.1 Å². The van der Waals surface area contributed by atoms with Gasteiger partial charge in [0, 0.05) is 23.9 Å². The largest absolute Gasteiger partial charge is 0.376 e. The van der Waals surface area contributed by atoms with E-state index in [9.17, 15) is 4.79 Å². The van der Waals surface area contributed by atoms with Gasteiger partial charge >= 0.3 is 0 Å². The molecule has 6 heteroatoms. The van der Waals surface area contributed by atoms with E-state index >= 15 is 0 Å². The first kappa shape index (κ1) is 16.1. The normalized spacial score (nSPS) is 17.0. The van der Waals surface area contributed by atoms with Gasteiger partial charge in [0.2, 0.25) is 0 Å². The molecule has 3 rings (SSSR count). The fraction of sp³-hybridized carbons (Fsp3) is 0.278. The minimum absolute atomic E-state index is 0.116. The fourth-order valence-corrected chi connectivity index (χ4v) is 2.52. The number of ether oxygens (including phenoxy) is 2. The minimum Gasteiger partial charge on any atom is -0.376 e. The molecule has 0 aliphatic carbocycles. The molecule has 6 nitrogen and oxygen atoms in total. The lowest BCUT2D eigenvalue weighted by Crippen LogP contribution is -2.39. The first-order valence-electron chi connectivity index (χ1n) is 7.71. The van der Waals surface area contributed by atoms with Gasteiger partial charge in [-0.25, -0.2) is 4.98 Å². The quantitative estimate of drug-likeness (QED) is 0.927. The molecule has 1 amide bonds. The molecule has 1 aromatic heterocycles. The van der Waals surface area contributed by atoms with E-state index in [-0.39, 0.29) is 12.0 Å². The monoisotopic (exact) mass is 323 g/mol. The Hall–Kier alpha value is -2.75. The third kappa shape index (κ3) is 3.77. The number of hydrogen-bond acceptors (Lipinski definition) is 5. The summed E-state index contributed by atoms with van der Waals surface area (Å²) in [6.45, 7) is 2.04. The molecule has 0 radical (unpaired) electrons. The lowest BCUT2D eigenvalue weighted by molar-refractivity contribution is -0.0855. The van der Waals surface area contributed by atoms with Gasteiger partial charge in [0.25, 0.3) is 5.91 Å². The Morgan fingerprint density at radius 3 is 3.04 bits per heavy atom. The van der Waals surface area contributed by atoms with Crippen molar-refractivity contribution < 1.29 is 14.3 Å². The molecule has 1 aliphatic rings. The lowest BCUT2D eigenvalue weighted by atomic mass is 10.0. The van der Waals surface area contributed by atoms with Crippen LogP contribution >= 0.6 is 0 Å². The predicted octanol–water partition coefficient (Wildman–Crippen LogP) is 1.77. The first-order valence-corrected chi connectivity index (χ1v) is 7.71. The summed E-state index contributed by atoms with van der Waals surface area (Å²) < 4.78 is 10.8. The van der Waals surface area contributed by atoms with E-state index in [2.05, 4.69) is 16.4 Å². The van der Waals surface area contributed by atoms with Crippen LogP contribution in [-0.4, -0.2) is 43.4 Å². The van der Waals surface area contributed by atoms with Gasteiger partial charge in [0.15, 0.2) is 0 Å². The molecule has 24 heavy (non-hydrogen) atoms. The third-order valence-electron chi connectivity index (χ3n) is 3.72. The molecular formula is C18H17N3O3. The zero-order chi connectivity index (χ0) is 16.8. The molecular weight excluding hydrogens is 306 g/mol. The highest BCUT2D eigenvalue weighted by Crippen LogP contribution is 2.22. The standard InChI is InChI=1S/C18H17N3O3/c19-10-17-16(5-2-6-20-17)13-3-1-4-14(9-13)18(22)21-11-15-12-23-7-8-24-15/h1-6,9,15H,7-8,11-12H2,(H,21,22)/t15-/m1/s1. The van der Waals surface area contributed by atoms with Crippen LogP contribution in [0, 0.1) is 11.3 Å². The van der Waals surface area contributed by atoms with Gasteiger partial charge in [-0.1, -0.05) is 12.1 Å². The predicted molar refractivity (Wildman–Crippen MR) is 87.3 cm³/mol. The Labute approximate surface area is 140 Å². The molecule has 122 valence electrons. The maximum atomic E-state index is 12.3. The molecule has 0 saturated carbocycles. The highest BCUT2D eigenvalue weighted by atomic mass is 16.6. The van der Waals surface area contributed by atoms with Crippen LogP contribution in [0.4, 0.5) is 0 Å². The van der Waals surface area contributed by atoms with Gasteiger partial charge in [-0.3, -0.25) is 4.79 Å².